The summed E-state index contributed by atoms with van der Waals surface area (Å²) in [5.74, 6) is 2.27. The fraction of sp³-hybridized carbons (Fsp3) is 0.111. The van der Waals surface area contributed by atoms with E-state index in [1.165, 1.54) is 6.33 Å². The maximum absolute atomic E-state index is 5.44. The highest BCUT2D eigenvalue weighted by Gasteiger charge is 2.03. The zero-order chi connectivity index (χ0) is 16.8. The molecule has 0 amide bonds. The zero-order valence-electron chi connectivity index (χ0n) is 13.2. The zero-order valence-corrected chi connectivity index (χ0v) is 14.7. The molecular weight excluding hydrogens is 368 g/mol. The average molecular weight is 385 g/mol. The van der Waals surface area contributed by atoms with Crippen LogP contribution in [0.15, 0.2) is 65.4 Å². The van der Waals surface area contributed by atoms with Crippen LogP contribution in [-0.2, 0) is 0 Å². The Kier molecular flexibility index (Phi) is 5.28. The van der Waals surface area contributed by atoms with Gasteiger partial charge < -0.3 is 15.4 Å². The molecule has 6 heteroatoms. The standard InChI is InChI=1S/C18H17BrN4O/c1-2-24-14-9-7-13(8-10-14)22-17-11-18(21-12-20-17)23-16-6-4-3-5-15(16)19/h3-12H,2H2,1H3,(H2,20,21,22,23). The van der Waals surface area contributed by atoms with E-state index in [0.29, 0.717) is 18.2 Å². The fourth-order valence-corrected chi connectivity index (χ4v) is 2.53. The molecule has 0 aliphatic rings. The molecular formula is C18H17BrN4O. The predicted molar refractivity (Wildman–Crippen MR) is 100 cm³/mol. The quantitative estimate of drug-likeness (QED) is 0.617. The molecule has 0 spiro atoms. The maximum Gasteiger partial charge on any atom is 0.135 e. The van der Waals surface area contributed by atoms with Crippen molar-refractivity contribution in [3.8, 4) is 5.75 Å². The molecule has 1 aromatic heterocycles. The van der Waals surface area contributed by atoms with Gasteiger partial charge in [-0.1, -0.05) is 12.1 Å². The number of halogens is 1. The fourth-order valence-electron chi connectivity index (χ4n) is 2.14. The first-order chi connectivity index (χ1) is 11.7. The minimum absolute atomic E-state index is 0.656. The molecule has 0 aliphatic heterocycles. The minimum atomic E-state index is 0.656. The normalized spacial score (nSPS) is 10.2. The van der Waals surface area contributed by atoms with E-state index < -0.39 is 0 Å². The summed E-state index contributed by atoms with van der Waals surface area (Å²) < 4.78 is 6.42. The lowest BCUT2D eigenvalue weighted by Crippen LogP contribution is -1.99. The number of nitrogens with one attached hydrogen (secondary N) is 2. The molecule has 3 rings (SSSR count). The molecule has 0 fully saturated rings. The van der Waals surface area contributed by atoms with Gasteiger partial charge in [-0.15, -0.1) is 0 Å². The third kappa shape index (κ3) is 4.23. The topological polar surface area (TPSA) is 59.1 Å². The van der Waals surface area contributed by atoms with E-state index in [1.807, 2.05) is 61.5 Å². The monoisotopic (exact) mass is 384 g/mol. The van der Waals surface area contributed by atoms with Crippen LogP contribution in [0.2, 0.25) is 0 Å². The minimum Gasteiger partial charge on any atom is -0.494 e. The van der Waals surface area contributed by atoms with Crippen molar-refractivity contribution < 1.29 is 4.74 Å². The summed E-state index contributed by atoms with van der Waals surface area (Å²) in [4.78, 5) is 8.51. The number of rotatable bonds is 6. The summed E-state index contributed by atoms with van der Waals surface area (Å²) in [5.41, 5.74) is 1.88. The Morgan fingerprint density at radius 2 is 1.67 bits per heavy atom. The van der Waals surface area contributed by atoms with Crippen molar-refractivity contribution in [2.45, 2.75) is 6.92 Å². The van der Waals surface area contributed by atoms with Gasteiger partial charge in [-0.3, -0.25) is 0 Å². The van der Waals surface area contributed by atoms with Gasteiger partial charge in [0.2, 0.25) is 0 Å². The largest absolute Gasteiger partial charge is 0.494 e. The van der Waals surface area contributed by atoms with E-state index in [9.17, 15) is 0 Å². The Balaban J connectivity index is 1.72. The second-order valence-electron chi connectivity index (χ2n) is 4.98. The lowest BCUT2D eigenvalue weighted by molar-refractivity contribution is 0.340. The molecule has 2 aromatic carbocycles. The first-order valence-electron chi connectivity index (χ1n) is 7.58. The first-order valence-corrected chi connectivity index (χ1v) is 8.37. The Morgan fingerprint density at radius 3 is 2.38 bits per heavy atom. The van der Waals surface area contributed by atoms with Crippen LogP contribution in [0.4, 0.5) is 23.0 Å². The molecule has 24 heavy (non-hydrogen) atoms. The summed E-state index contributed by atoms with van der Waals surface area (Å²) >= 11 is 3.51. The number of aromatic nitrogens is 2. The van der Waals surface area contributed by atoms with Crippen LogP contribution in [0.25, 0.3) is 0 Å². The smallest absolute Gasteiger partial charge is 0.135 e. The van der Waals surface area contributed by atoms with Crippen molar-refractivity contribution in [2.75, 3.05) is 17.2 Å². The number of benzene rings is 2. The third-order valence-electron chi connectivity index (χ3n) is 3.24. The molecule has 0 atom stereocenters. The van der Waals surface area contributed by atoms with Crippen LogP contribution < -0.4 is 15.4 Å². The Bertz CT molecular complexity index is 808. The van der Waals surface area contributed by atoms with E-state index in [1.54, 1.807) is 0 Å². The van der Waals surface area contributed by atoms with Crippen LogP contribution >= 0.6 is 15.9 Å². The van der Waals surface area contributed by atoms with Gasteiger partial charge in [-0.25, -0.2) is 9.97 Å². The molecule has 0 unspecified atom stereocenters. The molecule has 122 valence electrons. The number of nitrogens with zero attached hydrogens (tertiary/aromatic N) is 2. The van der Waals surface area contributed by atoms with E-state index >= 15 is 0 Å². The molecule has 0 saturated heterocycles. The second kappa shape index (κ2) is 7.79. The van der Waals surface area contributed by atoms with E-state index in [4.69, 9.17) is 4.74 Å². The summed E-state index contributed by atoms with van der Waals surface area (Å²) in [6.45, 7) is 2.62. The lowest BCUT2D eigenvalue weighted by atomic mass is 10.3. The van der Waals surface area contributed by atoms with Gasteiger partial charge in [0.25, 0.3) is 0 Å². The summed E-state index contributed by atoms with van der Waals surface area (Å²) in [5, 5.41) is 6.52. The van der Waals surface area contributed by atoms with E-state index in [0.717, 1.165) is 21.6 Å². The van der Waals surface area contributed by atoms with Crippen LogP contribution in [0.3, 0.4) is 0 Å². The van der Waals surface area contributed by atoms with Crippen molar-refractivity contribution in [3.63, 3.8) is 0 Å². The predicted octanol–water partition coefficient (Wildman–Crippen LogP) is 5.13. The van der Waals surface area contributed by atoms with Crippen molar-refractivity contribution in [1.29, 1.82) is 0 Å². The van der Waals surface area contributed by atoms with Gasteiger partial charge in [-0.05, 0) is 59.3 Å². The SMILES string of the molecule is CCOc1ccc(Nc2cc(Nc3ccccc3Br)ncn2)cc1. The number of hydrogen-bond acceptors (Lipinski definition) is 5. The molecule has 3 aromatic rings. The highest BCUT2D eigenvalue weighted by Crippen LogP contribution is 2.25. The molecule has 5 nitrogen and oxygen atoms in total. The van der Waals surface area contributed by atoms with Crippen LogP contribution in [0, 0.1) is 0 Å². The Labute approximate surface area is 149 Å². The number of anilines is 4. The molecule has 0 radical (unpaired) electrons. The third-order valence-corrected chi connectivity index (χ3v) is 3.93. The van der Waals surface area contributed by atoms with Crippen LogP contribution in [-0.4, -0.2) is 16.6 Å². The van der Waals surface area contributed by atoms with E-state index in [-0.39, 0.29) is 0 Å². The van der Waals surface area contributed by atoms with Crippen LogP contribution in [0.5, 0.6) is 5.75 Å². The lowest BCUT2D eigenvalue weighted by Gasteiger charge is -2.10. The van der Waals surface area contributed by atoms with E-state index in [2.05, 4.69) is 36.5 Å². The van der Waals surface area contributed by atoms with Crippen molar-refractivity contribution in [2.24, 2.45) is 0 Å². The van der Waals surface area contributed by atoms with Gasteiger partial charge >= 0.3 is 0 Å². The molecule has 0 aliphatic carbocycles. The first kappa shape index (κ1) is 16.3. The molecule has 1 heterocycles. The number of para-hydroxylation sites is 1. The van der Waals surface area contributed by atoms with Gasteiger partial charge in [0.05, 0.1) is 12.3 Å². The number of hydrogen-bond donors (Lipinski definition) is 2. The Hall–Kier alpha value is -2.60. The summed E-state index contributed by atoms with van der Waals surface area (Å²) in [6, 6.07) is 17.5. The highest BCUT2D eigenvalue weighted by atomic mass is 79.9. The molecule has 0 saturated carbocycles. The van der Waals surface area contributed by atoms with Crippen LogP contribution in [0.1, 0.15) is 6.92 Å². The average Bonchev–Trinajstić information content (AvgIpc) is 2.59. The second-order valence-corrected chi connectivity index (χ2v) is 5.83. The van der Waals surface area contributed by atoms with Gasteiger partial charge in [0.15, 0.2) is 0 Å². The molecule has 2 N–H and O–H groups in total. The van der Waals surface area contributed by atoms with Crippen molar-refractivity contribution >= 4 is 38.9 Å². The summed E-state index contributed by atoms with van der Waals surface area (Å²) in [7, 11) is 0. The Morgan fingerprint density at radius 1 is 0.958 bits per heavy atom. The number of ether oxygens (including phenoxy) is 1. The van der Waals surface area contributed by atoms with Gasteiger partial charge in [-0.2, -0.15) is 0 Å². The summed E-state index contributed by atoms with van der Waals surface area (Å²) in [6.07, 6.45) is 1.52. The van der Waals surface area contributed by atoms with Crippen molar-refractivity contribution in [1.82, 2.24) is 9.97 Å². The molecule has 0 bridgehead atoms. The van der Waals surface area contributed by atoms with Crippen molar-refractivity contribution in [3.05, 3.63) is 65.4 Å². The van der Waals surface area contributed by atoms with Gasteiger partial charge in [0.1, 0.15) is 23.7 Å². The maximum atomic E-state index is 5.44. The van der Waals surface area contributed by atoms with Gasteiger partial charge in [0, 0.05) is 16.2 Å². The highest BCUT2D eigenvalue weighted by molar-refractivity contribution is 9.10.